The minimum absolute atomic E-state index is 0.0214. The molecule has 19 unspecified atom stereocenters. The molecule has 19 atom stereocenters. The van der Waals surface area contributed by atoms with Gasteiger partial charge in [-0.05, 0) is 251 Å². The Balaban J connectivity index is 0.788. The van der Waals surface area contributed by atoms with Crippen LogP contribution in [0.2, 0.25) is 0 Å². The Morgan fingerprint density at radius 3 is 2.42 bits per heavy atom. The summed E-state index contributed by atoms with van der Waals surface area (Å²) < 4.78 is 49.2. The van der Waals surface area contributed by atoms with Crippen LogP contribution in [-0.4, -0.2) is 108 Å². The third-order valence-electron chi connectivity index (χ3n) is 28.7. The molecular formula is C83H100N2O12. The van der Waals surface area contributed by atoms with E-state index in [1.165, 1.54) is 70.6 Å². The zero-order valence-electron chi connectivity index (χ0n) is 57.0. The van der Waals surface area contributed by atoms with Crippen molar-refractivity contribution in [1.82, 2.24) is 10.6 Å². The SMILES string of the molecule is CCc1cc(-c2cccc(O)c2)c(Cc2cc(OC3CCCC3)cc3c2OCC(C2C(CCCOC)Oc4c5cc(c6cc(O)ccc46)OCC#CC4CNC6(CC7(CCCC7)C78CCC9(CCC%10C(CCOC)CC(CC67)C%109)C8)NC46C4C=CC(C(O)C4)C6OC52)C3O)cc1O. The van der Waals surface area contributed by atoms with E-state index in [2.05, 4.69) is 41.4 Å². The van der Waals surface area contributed by atoms with Crippen LogP contribution in [-0.2, 0) is 27.1 Å². The van der Waals surface area contributed by atoms with E-state index in [4.69, 9.17) is 38.5 Å². The van der Waals surface area contributed by atoms with E-state index in [-0.39, 0.29) is 65.1 Å². The van der Waals surface area contributed by atoms with Gasteiger partial charge in [0.25, 0.3) is 0 Å². The number of aryl methyl sites for hydroxylation is 1. The van der Waals surface area contributed by atoms with E-state index in [0.717, 1.165) is 102 Å². The summed E-state index contributed by atoms with van der Waals surface area (Å²) in [6.07, 6.45) is 24.7. The van der Waals surface area contributed by atoms with Crippen molar-refractivity contribution in [3.63, 3.8) is 0 Å². The molecule has 4 aliphatic heterocycles. The molecule has 5 aromatic carbocycles. The van der Waals surface area contributed by atoms with Crippen LogP contribution in [0.4, 0.5) is 0 Å². The van der Waals surface area contributed by atoms with Crippen molar-refractivity contribution < 1.29 is 58.7 Å². The van der Waals surface area contributed by atoms with Crippen LogP contribution in [0.3, 0.4) is 0 Å². The first-order valence-electron chi connectivity index (χ1n) is 37.7. The number of aliphatic hydroxyl groups is 2. The van der Waals surface area contributed by atoms with Crippen molar-refractivity contribution in [3.05, 3.63) is 113 Å². The van der Waals surface area contributed by atoms with Gasteiger partial charge in [-0.3, -0.25) is 10.6 Å². The van der Waals surface area contributed by atoms with E-state index < -0.39 is 53.6 Å². The number of aromatic hydroxyl groups is 3. The number of fused-ring (bicyclic) bond motifs is 7. The Morgan fingerprint density at radius 2 is 1.60 bits per heavy atom. The summed E-state index contributed by atoms with van der Waals surface area (Å²) in [4.78, 5) is 0. The Labute approximate surface area is 571 Å². The smallest absolute Gasteiger partial charge is 0.149 e. The van der Waals surface area contributed by atoms with Gasteiger partial charge in [0.1, 0.15) is 53.0 Å². The van der Waals surface area contributed by atoms with Crippen molar-refractivity contribution in [2.45, 2.75) is 196 Å². The highest BCUT2D eigenvalue weighted by molar-refractivity contribution is 5.96. The number of phenolic OH excluding ortho intramolecular Hbond substituents is 3. The van der Waals surface area contributed by atoms with Crippen molar-refractivity contribution in [2.24, 2.45) is 75.4 Å². The fourth-order valence-corrected chi connectivity index (χ4v) is 25.0. The van der Waals surface area contributed by atoms with Gasteiger partial charge < -0.3 is 58.7 Å². The normalized spacial score (nSPS) is 38.2. The molecule has 5 aromatic rings. The molecule has 0 radical (unpaired) electrons. The van der Waals surface area contributed by atoms with Gasteiger partial charge in [-0.2, -0.15) is 0 Å². The van der Waals surface area contributed by atoms with Crippen LogP contribution >= 0.6 is 0 Å². The van der Waals surface area contributed by atoms with Gasteiger partial charge >= 0.3 is 0 Å². The second kappa shape index (κ2) is 24.1. The highest BCUT2D eigenvalue weighted by atomic mass is 16.5. The lowest BCUT2D eigenvalue weighted by atomic mass is 9.54. The first-order valence-corrected chi connectivity index (χ1v) is 37.7. The number of rotatable bonds is 14. The zero-order valence-corrected chi connectivity index (χ0v) is 57.0. The maximum absolute atomic E-state index is 14.0. The molecule has 19 rings (SSSR count). The molecule has 6 bridgehead atoms. The van der Waals surface area contributed by atoms with Crippen LogP contribution in [0.15, 0.2) is 84.9 Å². The molecule has 14 aliphatic rings. The van der Waals surface area contributed by atoms with Gasteiger partial charge in [0.15, 0.2) is 0 Å². The topological polar surface area (TPSA) is 190 Å². The van der Waals surface area contributed by atoms with E-state index in [1.807, 2.05) is 50.4 Å². The average Bonchev–Trinajstić information content (AvgIpc) is 1.51. The third-order valence-corrected chi connectivity index (χ3v) is 28.7. The maximum Gasteiger partial charge on any atom is 0.149 e. The summed E-state index contributed by atoms with van der Waals surface area (Å²) in [5, 5.41) is 71.4. The van der Waals surface area contributed by atoms with E-state index in [9.17, 15) is 25.5 Å². The molecule has 4 heterocycles. The fourth-order valence-electron chi connectivity index (χ4n) is 25.0. The molecule has 1 saturated heterocycles. The number of aliphatic hydroxyl groups excluding tert-OH is 2. The Bertz CT molecular complexity index is 3980. The van der Waals surface area contributed by atoms with Crippen LogP contribution in [0.1, 0.15) is 175 Å². The van der Waals surface area contributed by atoms with Crippen LogP contribution in [0.5, 0.6) is 40.2 Å². The lowest BCUT2D eigenvalue weighted by Gasteiger charge is -2.65. The number of ether oxygens (including phenoxy) is 7. The monoisotopic (exact) mass is 1320 g/mol. The van der Waals surface area contributed by atoms with Gasteiger partial charge in [0.05, 0.1) is 54.2 Å². The highest BCUT2D eigenvalue weighted by Crippen LogP contribution is 2.82. The highest BCUT2D eigenvalue weighted by Gasteiger charge is 2.79. The second-order valence-electron chi connectivity index (χ2n) is 32.9. The van der Waals surface area contributed by atoms with Crippen molar-refractivity contribution in [3.8, 4) is 63.2 Å². The molecule has 8 saturated carbocycles. The summed E-state index contributed by atoms with van der Waals surface area (Å²) in [6, 6.07) is 22.7. The lowest BCUT2D eigenvalue weighted by molar-refractivity contribution is -0.211. The van der Waals surface area contributed by atoms with E-state index in [1.54, 1.807) is 31.4 Å². The van der Waals surface area contributed by atoms with Gasteiger partial charge in [-0.1, -0.05) is 55.9 Å². The number of hydrogen-bond acceptors (Lipinski definition) is 14. The summed E-state index contributed by atoms with van der Waals surface area (Å²) in [5.41, 5.74) is 5.31. The summed E-state index contributed by atoms with van der Waals surface area (Å²) in [6.45, 7) is 4.29. The molecule has 97 heavy (non-hydrogen) atoms. The Hall–Kier alpha value is -6.02. The summed E-state index contributed by atoms with van der Waals surface area (Å²) >= 11 is 0. The number of methoxy groups -OCH3 is 2. The summed E-state index contributed by atoms with van der Waals surface area (Å²) in [7, 11) is 3.62. The van der Waals surface area contributed by atoms with Crippen molar-refractivity contribution in [1.29, 1.82) is 0 Å². The molecule has 0 aromatic heterocycles. The van der Waals surface area contributed by atoms with Crippen LogP contribution in [0.25, 0.3) is 21.9 Å². The second-order valence-corrected chi connectivity index (χ2v) is 32.9. The Morgan fingerprint density at radius 1 is 0.742 bits per heavy atom. The molecule has 14 nitrogen and oxygen atoms in total. The standard InChI is InChI=1S/C83H100N2O12/c1-4-47-36-62(48-12-9-14-55(86)34-48)50(37-67(47)88)33-52-35-58(95-57-15-5-6-16-57)41-64-74(90)66(44-94-75(52)64)72-69(17-11-29-91-2)96-76-60-21-19-56(87)40-63(60)70-42-65(76)77(72)97-78-61-20-18-53(39-68(61)89)83(78)54(13-10-30-93-70)43-84-82(85-83)46-80(24-7-8-25-80)81-28-27-79(45-81)26-22-59-49(23-31-92-3)32-51(73(59)79)38-71(81)82/h9,12,14,18-21,34-37,40-42,49,51,53-54,57,59,61,66,68-69,71-74,77-78,84-90H,4-8,11,15-17,22-33,38-39,43-46H2,1-3H3. The first-order chi connectivity index (χ1) is 47.3. The first kappa shape index (κ1) is 63.2. The van der Waals surface area contributed by atoms with Crippen LogP contribution in [0, 0.1) is 87.3 Å². The van der Waals surface area contributed by atoms with E-state index >= 15 is 0 Å². The third kappa shape index (κ3) is 9.77. The van der Waals surface area contributed by atoms with Gasteiger partial charge in [0.2, 0.25) is 0 Å². The molecule has 10 aliphatic carbocycles. The maximum atomic E-state index is 14.0. The van der Waals surface area contributed by atoms with Gasteiger partial charge in [-0.25, -0.2) is 0 Å². The Kier molecular flexibility index (Phi) is 15.7. The molecular weight excluding hydrogens is 1220 g/mol. The molecule has 7 N–H and O–H groups in total. The largest absolute Gasteiger partial charge is 0.508 e. The van der Waals surface area contributed by atoms with Crippen molar-refractivity contribution >= 4 is 10.8 Å². The number of nitrogens with one attached hydrogen (secondary N) is 2. The quantitative estimate of drug-likeness (QED) is 0.0316. The van der Waals surface area contributed by atoms with Gasteiger partial charge in [0, 0.05) is 91.5 Å². The van der Waals surface area contributed by atoms with E-state index in [0.29, 0.717) is 96.5 Å². The van der Waals surface area contributed by atoms with Crippen LogP contribution < -0.4 is 29.6 Å². The van der Waals surface area contributed by atoms with Crippen molar-refractivity contribution in [2.75, 3.05) is 47.2 Å². The lowest BCUT2D eigenvalue weighted by Crippen LogP contribution is -2.83. The average molecular weight is 1320 g/mol. The van der Waals surface area contributed by atoms with Gasteiger partial charge in [-0.15, -0.1) is 0 Å². The molecule has 0 amide bonds. The molecule has 514 valence electrons. The molecule has 5 spiro atoms. The minimum Gasteiger partial charge on any atom is -0.508 e. The predicted octanol–water partition coefficient (Wildman–Crippen LogP) is 14.1. The zero-order chi connectivity index (χ0) is 65.7. The molecule has 9 fully saturated rings. The number of hydrogen-bond donors (Lipinski definition) is 7. The number of benzene rings is 5. The number of phenols is 3. The summed E-state index contributed by atoms with van der Waals surface area (Å²) in [5.74, 6) is 12.0. The fraction of sp³-hybridized carbons (Fsp3) is 0.614. The predicted molar refractivity (Wildman–Crippen MR) is 370 cm³/mol. The molecule has 14 heteroatoms. The minimum atomic E-state index is -1.10.